The van der Waals surface area contributed by atoms with Crippen molar-refractivity contribution >= 4 is 22.5 Å². The van der Waals surface area contributed by atoms with E-state index >= 15 is 0 Å². The Balaban J connectivity index is 2.12. The molecule has 0 saturated carbocycles. The molecule has 0 aliphatic heterocycles. The van der Waals surface area contributed by atoms with E-state index in [4.69, 9.17) is 0 Å². The van der Waals surface area contributed by atoms with Crippen molar-refractivity contribution in [2.75, 3.05) is 5.32 Å². The number of aromatic amines is 1. The van der Waals surface area contributed by atoms with E-state index in [1.807, 2.05) is 30.3 Å². The Morgan fingerprint density at radius 2 is 2.05 bits per heavy atom. The topological polar surface area (TPSA) is 70.7 Å². The van der Waals surface area contributed by atoms with Crippen LogP contribution >= 0.6 is 0 Å². The van der Waals surface area contributed by atoms with Gasteiger partial charge in [0.15, 0.2) is 11.4 Å². The molecule has 3 rings (SSSR count). The van der Waals surface area contributed by atoms with Gasteiger partial charge < -0.3 is 5.32 Å². The van der Waals surface area contributed by atoms with Gasteiger partial charge in [0.25, 0.3) is 0 Å². The summed E-state index contributed by atoms with van der Waals surface area (Å²) in [6.45, 7) is 4.19. The van der Waals surface area contributed by atoms with Gasteiger partial charge in [0.1, 0.15) is 0 Å². The lowest BCUT2D eigenvalue weighted by Crippen LogP contribution is -2.17. The van der Waals surface area contributed by atoms with Gasteiger partial charge in [-0.1, -0.05) is 37.3 Å². The van der Waals surface area contributed by atoms with Crippen LogP contribution in [-0.4, -0.2) is 27.0 Å². The standard InChI is InChI=1S/C17H18N4O/c1-3-11(2)20-15-13(9-18-17-14(15)10-19-21-17)16(22)12-7-5-4-6-8-12/h4-11H,3H2,1-2H3,(H2,18,19,20,21). The number of carbonyl (C=O) groups is 1. The average molecular weight is 294 g/mol. The molecule has 0 aliphatic carbocycles. The molecule has 5 heteroatoms. The summed E-state index contributed by atoms with van der Waals surface area (Å²) in [5, 5.41) is 11.1. The number of fused-ring (bicyclic) bond motifs is 1. The van der Waals surface area contributed by atoms with Crippen LogP contribution in [0.4, 0.5) is 5.69 Å². The van der Waals surface area contributed by atoms with E-state index in [0.717, 1.165) is 17.5 Å². The highest BCUT2D eigenvalue weighted by atomic mass is 16.1. The first-order valence-electron chi connectivity index (χ1n) is 7.39. The number of aromatic nitrogens is 3. The van der Waals surface area contributed by atoms with Gasteiger partial charge >= 0.3 is 0 Å². The summed E-state index contributed by atoms with van der Waals surface area (Å²) >= 11 is 0. The van der Waals surface area contributed by atoms with Crippen molar-refractivity contribution in [1.29, 1.82) is 0 Å². The first kappa shape index (κ1) is 14.3. The summed E-state index contributed by atoms with van der Waals surface area (Å²) in [6.07, 6.45) is 4.27. The van der Waals surface area contributed by atoms with Crippen molar-refractivity contribution in [2.45, 2.75) is 26.3 Å². The summed E-state index contributed by atoms with van der Waals surface area (Å²) < 4.78 is 0. The van der Waals surface area contributed by atoms with E-state index in [-0.39, 0.29) is 11.8 Å². The van der Waals surface area contributed by atoms with Gasteiger partial charge in [0.05, 0.1) is 22.8 Å². The molecule has 0 bridgehead atoms. The van der Waals surface area contributed by atoms with Crippen LogP contribution in [0.3, 0.4) is 0 Å². The van der Waals surface area contributed by atoms with Crippen LogP contribution in [0, 0.1) is 0 Å². The number of anilines is 1. The Labute approximate surface area is 128 Å². The fourth-order valence-corrected chi connectivity index (χ4v) is 2.32. The molecule has 22 heavy (non-hydrogen) atoms. The second kappa shape index (κ2) is 5.97. The summed E-state index contributed by atoms with van der Waals surface area (Å²) in [5.41, 5.74) is 2.69. The number of rotatable bonds is 5. The Hall–Kier alpha value is -2.69. The van der Waals surface area contributed by atoms with E-state index in [1.54, 1.807) is 12.4 Å². The predicted octanol–water partition coefficient (Wildman–Crippen LogP) is 3.40. The maximum atomic E-state index is 12.8. The van der Waals surface area contributed by atoms with Crippen LogP contribution in [0.5, 0.6) is 0 Å². The number of carbonyl (C=O) groups excluding carboxylic acids is 1. The first-order chi connectivity index (χ1) is 10.7. The Morgan fingerprint density at radius 1 is 1.27 bits per heavy atom. The average Bonchev–Trinajstić information content (AvgIpc) is 3.04. The molecule has 0 amide bonds. The number of nitrogens with zero attached hydrogens (tertiary/aromatic N) is 2. The van der Waals surface area contributed by atoms with Crippen LogP contribution in [0.25, 0.3) is 11.0 Å². The zero-order valence-corrected chi connectivity index (χ0v) is 12.6. The molecule has 0 saturated heterocycles. The molecular weight excluding hydrogens is 276 g/mol. The van der Waals surface area contributed by atoms with Gasteiger partial charge in [0, 0.05) is 17.8 Å². The van der Waals surface area contributed by atoms with Crippen molar-refractivity contribution in [3.63, 3.8) is 0 Å². The minimum absolute atomic E-state index is 0.0398. The number of nitrogens with one attached hydrogen (secondary N) is 2. The summed E-state index contributed by atoms with van der Waals surface area (Å²) in [4.78, 5) is 17.1. The molecule has 112 valence electrons. The normalized spacial score (nSPS) is 12.3. The number of benzene rings is 1. The highest BCUT2D eigenvalue weighted by Gasteiger charge is 2.18. The molecule has 3 aromatic rings. The quantitative estimate of drug-likeness (QED) is 0.707. The fraction of sp³-hybridized carbons (Fsp3) is 0.235. The van der Waals surface area contributed by atoms with Gasteiger partial charge in [-0.3, -0.25) is 9.89 Å². The van der Waals surface area contributed by atoms with Crippen molar-refractivity contribution < 1.29 is 4.79 Å². The van der Waals surface area contributed by atoms with Crippen LogP contribution < -0.4 is 5.32 Å². The van der Waals surface area contributed by atoms with Gasteiger partial charge in [-0.25, -0.2) is 4.98 Å². The number of ketones is 1. The summed E-state index contributed by atoms with van der Waals surface area (Å²) in [5.74, 6) is -0.0398. The molecule has 1 unspecified atom stereocenters. The minimum Gasteiger partial charge on any atom is -0.381 e. The van der Waals surface area contributed by atoms with E-state index < -0.39 is 0 Å². The van der Waals surface area contributed by atoms with Crippen molar-refractivity contribution in [1.82, 2.24) is 15.2 Å². The Kier molecular flexibility index (Phi) is 3.87. The van der Waals surface area contributed by atoms with Crippen LogP contribution in [0.15, 0.2) is 42.7 Å². The molecule has 0 aliphatic rings. The Bertz CT molecular complexity index is 795. The second-order valence-electron chi connectivity index (χ2n) is 5.33. The highest BCUT2D eigenvalue weighted by Crippen LogP contribution is 2.27. The third kappa shape index (κ3) is 2.57. The first-order valence-corrected chi connectivity index (χ1v) is 7.39. The SMILES string of the molecule is CCC(C)Nc1c(C(=O)c2ccccc2)cnc2[nH]ncc12. The number of hydrogen-bond donors (Lipinski definition) is 2. The minimum atomic E-state index is -0.0398. The monoisotopic (exact) mass is 294 g/mol. The zero-order valence-electron chi connectivity index (χ0n) is 12.6. The summed E-state index contributed by atoms with van der Waals surface area (Å²) in [6, 6.07) is 9.50. The van der Waals surface area contributed by atoms with Gasteiger partial charge in [0.2, 0.25) is 0 Å². The summed E-state index contributed by atoms with van der Waals surface area (Å²) in [7, 11) is 0. The Morgan fingerprint density at radius 3 is 2.77 bits per heavy atom. The van der Waals surface area contributed by atoms with Gasteiger partial charge in [-0.15, -0.1) is 0 Å². The molecule has 2 aromatic heterocycles. The van der Waals surface area contributed by atoms with Gasteiger partial charge in [-0.2, -0.15) is 5.10 Å². The van der Waals surface area contributed by atoms with Gasteiger partial charge in [-0.05, 0) is 13.3 Å². The van der Waals surface area contributed by atoms with Crippen LogP contribution in [0.1, 0.15) is 36.2 Å². The third-order valence-electron chi connectivity index (χ3n) is 3.76. The van der Waals surface area contributed by atoms with Crippen LogP contribution in [-0.2, 0) is 0 Å². The molecular formula is C17H18N4O. The molecule has 5 nitrogen and oxygen atoms in total. The molecule has 0 fully saturated rings. The lowest BCUT2D eigenvalue weighted by atomic mass is 10.0. The predicted molar refractivity (Wildman–Crippen MR) is 87.1 cm³/mol. The third-order valence-corrected chi connectivity index (χ3v) is 3.76. The maximum Gasteiger partial charge on any atom is 0.196 e. The van der Waals surface area contributed by atoms with Crippen molar-refractivity contribution in [2.24, 2.45) is 0 Å². The molecule has 2 heterocycles. The second-order valence-corrected chi connectivity index (χ2v) is 5.33. The van der Waals surface area contributed by atoms with E-state index in [1.165, 1.54) is 0 Å². The number of pyridine rings is 1. The molecule has 2 N–H and O–H groups in total. The van der Waals surface area contributed by atoms with Crippen molar-refractivity contribution in [3.8, 4) is 0 Å². The molecule has 0 radical (unpaired) electrons. The molecule has 1 atom stereocenters. The van der Waals surface area contributed by atoms with Crippen molar-refractivity contribution in [3.05, 3.63) is 53.9 Å². The smallest absolute Gasteiger partial charge is 0.196 e. The maximum absolute atomic E-state index is 12.8. The number of H-pyrrole nitrogens is 1. The van der Waals surface area contributed by atoms with E-state index in [2.05, 4.69) is 34.3 Å². The number of hydrogen-bond acceptors (Lipinski definition) is 4. The van der Waals surface area contributed by atoms with Crippen LogP contribution in [0.2, 0.25) is 0 Å². The molecule has 0 spiro atoms. The lowest BCUT2D eigenvalue weighted by Gasteiger charge is -2.17. The zero-order chi connectivity index (χ0) is 15.5. The largest absolute Gasteiger partial charge is 0.381 e. The lowest BCUT2D eigenvalue weighted by molar-refractivity contribution is 0.103. The van der Waals surface area contributed by atoms with E-state index in [9.17, 15) is 4.79 Å². The highest BCUT2D eigenvalue weighted by molar-refractivity contribution is 6.15. The molecule has 1 aromatic carbocycles. The fourth-order valence-electron chi connectivity index (χ4n) is 2.32. The van der Waals surface area contributed by atoms with E-state index in [0.29, 0.717) is 16.8 Å².